The van der Waals surface area contributed by atoms with Gasteiger partial charge in [-0.25, -0.2) is 0 Å². The van der Waals surface area contributed by atoms with Gasteiger partial charge in [0.2, 0.25) is 0 Å². The molecule has 1 unspecified atom stereocenters. The summed E-state index contributed by atoms with van der Waals surface area (Å²) in [6.45, 7) is 1.01. The van der Waals surface area contributed by atoms with Gasteiger partial charge < -0.3 is 5.32 Å². The van der Waals surface area contributed by atoms with Crippen molar-refractivity contribution in [2.75, 3.05) is 6.54 Å². The third-order valence-electron chi connectivity index (χ3n) is 4.04. The third kappa shape index (κ3) is 1.11. The quantitative estimate of drug-likeness (QED) is 0.731. The maximum Gasteiger partial charge on any atom is 0.194 e. The highest BCUT2D eigenvalue weighted by Crippen LogP contribution is 2.43. The summed E-state index contributed by atoms with van der Waals surface area (Å²) in [4.78, 5) is 12.4. The van der Waals surface area contributed by atoms with Gasteiger partial charge in [-0.2, -0.15) is 0 Å². The topological polar surface area (TPSA) is 29.1 Å². The molecule has 84 valence electrons. The summed E-state index contributed by atoms with van der Waals surface area (Å²) in [6.07, 6.45) is 4.28. The first-order valence-corrected chi connectivity index (χ1v) is 6.17. The Morgan fingerprint density at radius 3 is 2.88 bits per heavy atom. The van der Waals surface area contributed by atoms with E-state index in [9.17, 15) is 4.79 Å². The SMILES string of the molecule is O=C1C2=C3CCNC3CC=C2c2ccccc21. The molecule has 1 aromatic carbocycles. The molecule has 0 aromatic heterocycles. The van der Waals surface area contributed by atoms with E-state index in [-0.39, 0.29) is 5.78 Å². The molecule has 4 rings (SSSR count). The lowest BCUT2D eigenvalue weighted by Gasteiger charge is -2.19. The van der Waals surface area contributed by atoms with Gasteiger partial charge in [0.25, 0.3) is 0 Å². The first kappa shape index (κ1) is 9.37. The standard InChI is InChI=1S/C15H13NO/c17-15-11-4-2-1-3-9(11)10-5-6-13-12(14(10)15)7-8-16-13/h1-5,13,16H,6-8H2. The fourth-order valence-corrected chi connectivity index (χ4v) is 3.28. The first-order chi connectivity index (χ1) is 8.36. The molecule has 1 fully saturated rings. The van der Waals surface area contributed by atoms with Crippen LogP contribution in [0.4, 0.5) is 0 Å². The highest BCUT2D eigenvalue weighted by atomic mass is 16.1. The van der Waals surface area contributed by atoms with Gasteiger partial charge in [-0.1, -0.05) is 30.3 Å². The number of benzene rings is 1. The van der Waals surface area contributed by atoms with Crippen LogP contribution in [0.15, 0.2) is 41.5 Å². The smallest absolute Gasteiger partial charge is 0.194 e. The van der Waals surface area contributed by atoms with Crippen LogP contribution in [0.5, 0.6) is 0 Å². The maximum atomic E-state index is 12.4. The molecular weight excluding hydrogens is 210 g/mol. The molecule has 1 heterocycles. The van der Waals surface area contributed by atoms with Gasteiger partial charge in [-0.05, 0) is 36.1 Å². The van der Waals surface area contributed by atoms with Crippen LogP contribution in [0.1, 0.15) is 28.8 Å². The van der Waals surface area contributed by atoms with E-state index < -0.39 is 0 Å². The van der Waals surface area contributed by atoms with Crippen molar-refractivity contribution in [1.29, 1.82) is 0 Å². The van der Waals surface area contributed by atoms with Crippen LogP contribution in [0.2, 0.25) is 0 Å². The van der Waals surface area contributed by atoms with Crippen molar-refractivity contribution in [2.24, 2.45) is 0 Å². The fraction of sp³-hybridized carbons (Fsp3) is 0.267. The molecule has 1 aromatic rings. The monoisotopic (exact) mass is 223 g/mol. The van der Waals surface area contributed by atoms with E-state index in [2.05, 4.69) is 17.5 Å². The van der Waals surface area contributed by atoms with E-state index in [4.69, 9.17) is 0 Å². The molecule has 3 aliphatic rings. The highest BCUT2D eigenvalue weighted by Gasteiger charge is 2.37. The van der Waals surface area contributed by atoms with E-state index in [1.165, 1.54) is 11.1 Å². The Morgan fingerprint density at radius 1 is 1.18 bits per heavy atom. The van der Waals surface area contributed by atoms with E-state index in [0.717, 1.165) is 36.1 Å². The average Bonchev–Trinajstić information content (AvgIpc) is 2.93. The van der Waals surface area contributed by atoms with Crippen molar-refractivity contribution in [1.82, 2.24) is 5.32 Å². The predicted octanol–water partition coefficient (Wildman–Crippen LogP) is 2.33. The summed E-state index contributed by atoms with van der Waals surface area (Å²) in [5, 5.41) is 3.46. The Hall–Kier alpha value is -1.67. The fourth-order valence-electron chi connectivity index (χ4n) is 3.28. The minimum Gasteiger partial charge on any atom is -0.310 e. The number of fused-ring (bicyclic) bond motifs is 4. The van der Waals surface area contributed by atoms with Crippen molar-refractivity contribution in [3.8, 4) is 0 Å². The second-order valence-corrected chi connectivity index (χ2v) is 4.89. The molecule has 1 saturated heterocycles. The zero-order chi connectivity index (χ0) is 11.4. The number of carbonyl (C=O) groups is 1. The van der Waals surface area contributed by atoms with Crippen LogP contribution >= 0.6 is 0 Å². The minimum atomic E-state index is 0.232. The van der Waals surface area contributed by atoms with Gasteiger partial charge in [0.05, 0.1) is 0 Å². The second-order valence-electron chi connectivity index (χ2n) is 4.89. The number of allylic oxidation sites excluding steroid dienone is 2. The molecule has 1 aliphatic heterocycles. The molecule has 0 saturated carbocycles. The summed E-state index contributed by atoms with van der Waals surface area (Å²) in [7, 11) is 0. The van der Waals surface area contributed by atoms with E-state index in [1.54, 1.807) is 0 Å². The molecule has 2 aliphatic carbocycles. The third-order valence-corrected chi connectivity index (χ3v) is 4.04. The van der Waals surface area contributed by atoms with Gasteiger partial charge in [-0.15, -0.1) is 0 Å². The molecule has 0 spiro atoms. The van der Waals surface area contributed by atoms with Crippen LogP contribution in [-0.2, 0) is 0 Å². The Labute approximate surface area is 100 Å². The van der Waals surface area contributed by atoms with Gasteiger partial charge in [-0.3, -0.25) is 4.79 Å². The lowest BCUT2D eigenvalue weighted by Crippen LogP contribution is -2.24. The summed E-state index contributed by atoms with van der Waals surface area (Å²) in [5.74, 6) is 0.232. The molecule has 2 nitrogen and oxygen atoms in total. The van der Waals surface area contributed by atoms with Crippen molar-refractivity contribution in [3.63, 3.8) is 0 Å². The van der Waals surface area contributed by atoms with Crippen molar-refractivity contribution in [3.05, 3.63) is 52.6 Å². The Morgan fingerprint density at radius 2 is 2.00 bits per heavy atom. The number of hydrogen-bond acceptors (Lipinski definition) is 2. The number of ketones is 1. The number of rotatable bonds is 0. The van der Waals surface area contributed by atoms with Crippen molar-refractivity contribution < 1.29 is 4.79 Å². The lowest BCUT2D eigenvalue weighted by molar-refractivity contribution is 0.104. The Kier molecular flexibility index (Phi) is 1.75. The molecule has 17 heavy (non-hydrogen) atoms. The molecule has 2 heteroatoms. The van der Waals surface area contributed by atoms with E-state index in [1.807, 2.05) is 18.2 Å². The molecule has 1 N–H and O–H groups in total. The first-order valence-electron chi connectivity index (χ1n) is 6.17. The van der Waals surface area contributed by atoms with E-state index in [0.29, 0.717) is 6.04 Å². The van der Waals surface area contributed by atoms with Crippen LogP contribution in [0.3, 0.4) is 0 Å². The number of hydrogen-bond donors (Lipinski definition) is 1. The molecule has 0 radical (unpaired) electrons. The van der Waals surface area contributed by atoms with Gasteiger partial charge in [0.1, 0.15) is 0 Å². The predicted molar refractivity (Wildman–Crippen MR) is 66.8 cm³/mol. The molecule has 0 amide bonds. The minimum absolute atomic E-state index is 0.232. The zero-order valence-electron chi connectivity index (χ0n) is 9.49. The average molecular weight is 223 g/mol. The molecule has 0 bridgehead atoms. The van der Waals surface area contributed by atoms with Crippen molar-refractivity contribution >= 4 is 11.4 Å². The Bertz CT molecular complexity index is 595. The summed E-state index contributed by atoms with van der Waals surface area (Å²) in [5.41, 5.74) is 5.52. The number of nitrogens with one attached hydrogen (secondary N) is 1. The van der Waals surface area contributed by atoms with Gasteiger partial charge in [0, 0.05) is 17.2 Å². The summed E-state index contributed by atoms with van der Waals surface area (Å²) >= 11 is 0. The van der Waals surface area contributed by atoms with Crippen LogP contribution < -0.4 is 5.32 Å². The summed E-state index contributed by atoms with van der Waals surface area (Å²) < 4.78 is 0. The Balaban J connectivity index is 2.00. The lowest BCUT2D eigenvalue weighted by atomic mass is 9.88. The highest BCUT2D eigenvalue weighted by molar-refractivity contribution is 6.27. The van der Waals surface area contributed by atoms with Crippen LogP contribution in [-0.4, -0.2) is 18.4 Å². The van der Waals surface area contributed by atoms with Gasteiger partial charge >= 0.3 is 0 Å². The van der Waals surface area contributed by atoms with E-state index >= 15 is 0 Å². The zero-order valence-corrected chi connectivity index (χ0v) is 9.49. The van der Waals surface area contributed by atoms with Crippen LogP contribution in [0.25, 0.3) is 5.57 Å². The number of carbonyl (C=O) groups excluding carboxylic acids is 1. The van der Waals surface area contributed by atoms with Gasteiger partial charge in [0.15, 0.2) is 5.78 Å². The second kappa shape index (κ2) is 3.17. The van der Waals surface area contributed by atoms with Crippen LogP contribution in [0, 0.1) is 0 Å². The van der Waals surface area contributed by atoms with Crippen molar-refractivity contribution in [2.45, 2.75) is 18.9 Å². The number of Topliss-reactive ketones (excluding diaryl/α,β-unsaturated/α-hetero) is 1. The maximum absolute atomic E-state index is 12.4. The summed E-state index contributed by atoms with van der Waals surface area (Å²) in [6, 6.07) is 8.38. The molecular formula is C15H13NO. The largest absolute Gasteiger partial charge is 0.310 e. The molecule has 1 atom stereocenters. The normalized spacial score (nSPS) is 25.5.